The molecule has 0 unspecified atom stereocenters. The van der Waals surface area contributed by atoms with Crippen molar-refractivity contribution >= 4 is 17.8 Å². The molecule has 8 nitrogen and oxygen atoms in total. The zero-order valence-electron chi connectivity index (χ0n) is 23.3. The van der Waals surface area contributed by atoms with Crippen LogP contribution < -0.4 is 4.74 Å². The van der Waals surface area contributed by atoms with Gasteiger partial charge in [-0.1, -0.05) is 50.3 Å². The largest absolute Gasteiger partial charge is 0.494 e. The molecule has 2 heterocycles. The van der Waals surface area contributed by atoms with Crippen molar-refractivity contribution in [2.24, 2.45) is 5.92 Å². The van der Waals surface area contributed by atoms with E-state index in [0.29, 0.717) is 38.3 Å². The van der Waals surface area contributed by atoms with Crippen LogP contribution in [-0.4, -0.2) is 70.5 Å². The summed E-state index contributed by atoms with van der Waals surface area (Å²) >= 11 is 0. The minimum atomic E-state index is -0.991. The van der Waals surface area contributed by atoms with Gasteiger partial charge in [-0.15, -0.1) is 0 Å². The van der Waals surface area contributed by atoms with Gasteiger partial charge in [0.05, 0.1) is 18.6 Å². The van der Waals surface area contributed by atoms with Crippen molar-refractivity contribution in [3.8, 4) is 16.9 Å². The number of aromatic carboxylic acids is 1. The highest BCUT2D eigenvalue weighted by molar-refractivity contribution is 5.95. The summed E-state index contributed by atoms with van der Waals surface area (Å²) in [5.74, 6) is 0.420. The van der Waals surface area contributed by atoms with E-state index in [1.165, 1.54) is 32.1 Å². The van der Waals surface area contributed by atoms with Gasteiger partial charge in [-0.05, 0) is 59.9 Å². The predicted octanol–water partition coefficient (Wildman–Crippen LogP) is 5.32. The molecule has 1 saturated heterocycles. The van der Waals surface area contributed by atoms with Crippen LogP contribution in [0.1, 0.15) is 64.8 Å². The Morgan fingerprint density at radius 3 is 2.34 bits per heavy atom. The molecule has 1 saturated carbocycles. The molecule has 1 aliphatic heterocycles. The lowest BCUT2D eigenvalue weighted by molar-refractivity contribution is -0.131. The first-order valence-corrected chi connectivity index (χ1v) is 14.5. The molecule has 8 heteroatoms. The number of rotatable bonds is 9. The number of hydrogen-bond acceptors (Lipinski definition) is 5. The fraction of sp³-hybridized carbons (Fsp3) is 0.394. The molecule has 2 aromatic carbocycles. The van der Waals surface area contributed by atoms with E-state index in [9.17, 15) is 19.5 Å². The Labute approximate surface area is 241 Å². The maximum atomic E-state index is 13.2. The minimum absolute atomic E-state index is 0.0244. The molecule has 1 aliphatic carbocycles. The lowest BCUT2D eigenvalue weighted by Gasteiger charge is -2.35. The monoisotopic (exact) mass is 555 g/mol. The summed E-state index contributed by atoms with van der Waals surface area (Å²) in [6, 6.07) is 15.9. The summed E-state index contributed by atoms with van der Waals surface area (Å²) in [6.45, 7) is 2.55. The standard InChI is InChI=1S/C33H37N3O5/c37-31(19-25-18-29(23-34-22-25)26-8-4-10-28(20-26)33(39)40)35-13-15-36(16-14-35)32(38)27-9-5-11-30(21-27)41-17-12-24-6-2-1-3-7-24/h4-5,8-11,18,20-24H,1-3,6-7,12-17,19H2,(H,39,40). The Hall–Kier alpha value is -4.20. The van der Waals surface area contributed by atoms with E-state index in [1.54, 1.807) is 40.4 Å². The molecule has 0 spiro atoms. The Morgan fingerprint density at radius 1 is 0.829 bits per heavy atom. The molecule has 3 aromatic rings. The number of ether oxygens (including phenoxy) is 1. The van der Waals surface area contributed by atoms with E-state index in [2.05, 4.69) is 4.98 Å². The van der Waals surface area contributed by atoms with Gasteiger partial charge in [0.1, 0.15) is 5.75 Å². The molecule has 2 fully saturated rings. The summed E-state index contributed by atoms with van der Waals surface area (Å²) in [6.07, 6.45) is 11.2. The van der Waals surface area contributed by atoms with Gasteiger partial charge >= 0.3 is 5.97 Å². The van der Waals surface area contributed by atoms with Gasteiger partial charge in [0, 0.05) is 49.7 Å². The summed E-state index contributed by atoms with van der Waals surface area (Å²) in [4.78, 5) is 45.4. The predicted molar refractivity (Wildman–Crippen MR) is 156 cm³/mol. The van der Waals surface area contributed by atoms with Crippen LogP contribution in [0.4, 0.5) is 0 Å². The quantitative estimate of drug-likeness (QED) is 0.384. The van der Waals surface area contributed by atoms with E-state index < -0.39 is 5.97 Å². The van der Waals surface area contributed by atoms with Crippen molar-refractivity contribution in [2.45, 2.75) is 44.9 Å². The lowest BCUT2D eigenvalue weighted by Crippen LogP contribution is -2.51. The van der Waals surface area contributed by atoms with Crippen LogP contribution in [0.25, 0.3) is 11.1 Å². The third kappa shape index (κ3) is 7.51. The number of hydrogen-bond donors (Lipinski definition) is 1. The highest BCUT2D eigenvalue weighted by Gasteiger charge is 2.25. The van der Waals surface area contributed by atoms with Gasteiger partial charge in [-0.25, -0.2) is 4.79 Å². The fourth-order valence-corrected chi connectivity index (χ4v) is 5.74. The van der Waals surface area contributed by atoms with E-state index in [1.807, 2.05) is 36.4 Å². The van der Waals surface area contributed by atoms with Gasteiger partial charge in [0.15, 0.2) is 0 Å². The van der Waals surface area contributed by atoms with Crippen LogP contribution in [0.15, 0.2) is 67.0 Å². The number of benzene rings is 2. The summed E-state index contributed by atoms with van der Waals surface area (Å²) in [5.41, 5.74) is 3.05. The number of piperazine rings is 1. The molecule has 2 amide bonds. The number of carbonyl (C=O) groups is 3. The third-order valence-corrected chi connectivity index (χ3v) is 8.11. The van der Waals surface area contributed by atoms with Crippen molar-refractivity contribution in [2.75, 3.05) is 32.8 Å². The first-order chi connectivity index (χ1) is 20.0. The van der Waals surface area contributed by atoms with Crippen LogP contribution in [-0.2, 0) is 11.2 Å². The summed E-state index contributed by atoms with van der Waals surface area (Å²) < 4.78 is 5.99. The Morgan fingerprint density at radius 2 is 1.56 bits per heavy atom. The smallest absolute Gasteiger partial charge is 0.335 e. The van der Waals surface area contributed by atoms with Crippen LogP contribution >= 0.6 is 0 Å². The van der Waals surface area contributed by atoms with Crippen LogP contribution in [0.5, 0.6) is 5.75 Å². The Bertz CT molecular complexity index is 1380. The maximum Gasteiger partial charge on any atom is 0.335 e. The molecule has 5 rings (SSSR count). The Balaban J connectivity index is 1.12. The Kier molecular flexibility index (Phi) is 9.29. The maximum absolute atomic E-state index is 13.2. The number of carbonyl (C=O) groups excluding carboxylic acids is 2. The van der Waals surface area contributed by atoms with Crippen molar-refractivity contribution < 1.29 is 24.2 Å². The van der Waals surface area contributed by atoms with Gasteiger partial charge < -0.3 is 19.6 Å². The molecule has 41 heavy (non-hydrogen) atoms. The van der Waals surface area contributed by atoms with Gasteiger partial charge in [-0.3, -0.25) is 14.6 Å². The SMILES string of the molecule is O=C(O)c1cccc(-c2cncc(CC(=O)N3CCN(C(=O)c4cccc(OCCC5CCCCC5)c4)CC3)c2)c1. The lowest BCUT2D eigenvalue weighted by atomic mass is 9.87. The number of carboxylic acids is 1. The topological polar surface area (TPSA) is 100 Å². The average Bonchev–Trinajstić information content (AvgIpc) is 3.01. The summed E-state index contributed by atoms with van der Waals surface area (Å²) in [5, 5.41) is 9.28. The van der Waals surface area contributed by atoms with E-state index >= 15 is 0 Å². The van der Waals surface area contributed by atoms with E-state index in [4.69, 9.17) is 4.74 Å². The second-order valence-electron chi connectivity index (χ2n) is 11.0. The molecule has 0 radical (unpaired) electrons. The van der Waals surface area contributed by atoms with Gasteiger partial charge in [0.25, 0.3) is 5.91 Å². The zero-order chi connectivity index (χ0) is 28.6. The molecule has 214 valence electrons. The first-order valence-electron chi connectivity index (χ1n) is 14.5. The molecule has 2 aliphatic rings. The van der Waals surface area contributed by atoms with E-state index in [0.717, 1.165) is 34.8 Å². The molecule has 0 bridgehead atoms. The number of carboxylic acid groups (broad SMARTS) is 1. The molecular formula is C33H37N3O5. The van der Waals surface area contributed by atoms with Crippen LogP contribution in [0.2, 0.25) is 0 Å². The third-order valence-electron chi connectivity index (χ3n) is 8.11. The average molecular weight is 556 g/mol. The van der Waals surface area contributed by atoms with Crippen LogP contribution in [0, 0.1) is 5.92 Å². The highest BCUT2D eigenvalue weighted by Crippen LogP contribution is 2.27. The number of amides is 2. The van der Waals surface area contributed by atoms with Gasteiger partial charge in [-0.2, -0.15) is 0 Å². The molecular weight excluding hydrogens is 518 g/mol. The van der Waals surface area contributed by atoms with Crippen molar-refractivity contribution in [3.63, 3.8) is 0 Å². The van der Waals surface area contributed by atoms with E-state index in [-0.39, 0.29) is 23.8 Å². The fourth-order valence-electron chi connectivity index (χ4n) is 5.74. The van der Waals surface area contributed by atoms with Crippen LogP contribution in [0.3, 0.4) is 0 Å². The van der Waals surface area contributed by atoms with Crippen molar-refractivity contribution in [1.82, 2.24) is 14.8 Å². The van der Waals surface area contributed by atoms with Crippen molar-refractivity contribution in [1.29, 1.82) is 0 Å². The molecule has 0 atom stereocenters. The first kappa shape index (κ1) is 28.3. The molecule has 1 aromatic heterocycles. The second kappa shape index (κ2) is 13.4. The number of aromatic nitrogens is 1. The molecule has 1 N–H and O–H groups in total. The number of nitrogens with zero attached hydrogens (tertiary/aromatic N) is 3. The zero-order valence-corrected chi connectivity index (χ0v) is 23.3. The minimum Gasteiger partial charge on any atom is -0.494 e. The number of pyridine rings is 1. The second-order valence-corrected chi connectivity index (χ2v) is 11.0. The highest BCUT2D eigenvalue weighted by atomic mass is 16.5. The van der Waals surface area contributed by atoms with Crippen molar-refractivity contribution in [3.05, 3.63) is 83.7 Å². The van der Waals surface area contributed by atoms with Gasteiger partial charge in [0.2, 0.25) is 5.91 Å². The summed E-state index contributed by atoms with van der Waals surface area (Å²) in [7, 11) is 0. The normalized spacial score (nSPS) is 15.9.